The van der Waals surface area contributed by atoms with E-state index >= 15 is 0 Å². The van der Waals surface area contributed by atoms with E-state index in [-0.39, 0.29) is 18.2 Å². The molecular formula is C17H28N2O5S. The van der Waals surface area contributed by atoms with Crippen LogP contribution in [0.5, 0.6) is 11.5 Å². The van der Waals surface area contributed by atoms with Gasteiger partial charge in [0.05, 0.1) is 20.0 Å². The van der Waals surface area contributed by atoms with Crippen molar-refractivity contribution >= 4 is 15.9 Å². The molecule has 7 nitrogen and oxygen atoms in total. The highest BCUT2D eigenvalue weighted by molar-refractivity contribution is 7.89. The van der Waals surface area contributed by atoms with Gasteiger partial charge in [-0.25, -0.2) is 12.7 Å². The molecule has 1 aromatic carbocycles. The van der Waals surface area contributed by atoms with Crippen molar-refractivity contribution in [3.63, 3.8) is 0 Å². The van der Waals surface area contributed by atoms with Crippen LogP contribution in [0.3, 0.4) is 0 Å². The Kier molecular flexibility index (Phi) is 8.71. The van der Waals surface area contributed by atoms with Crippen molar-refractivity contribution in [2.24, 2.45) is 0 Å². The third-order valence-corrected chi connectivity index (χ3v) is 5.75. The number of sulfonamides is 1. The number of carbonyl (C=O) groups is 1. The molecule has 0 spiro atoms. The summed E-state index contributed by atoms with van der Waals surface area (Å²) >= 11 is 0. The fraction of sp³-hybridized carbons (Fsp3) is 0.588. The number of nitrogens with zero attached hydrogens (tertiary/aromatic N) is 1. The van der Waals surface area contributed by atoms with E-state index in [1.807, 2.05) is 13.8 Å². The van der Waals surface area contributed by atoms with Crippen LogP contribution in [0, 0.1) is 0 Å². The molecule has 1 aromatic rings. The number of unbranched alkanes of at least 4 members (excludes halogenated alkanes) is 1. The summed E-state index contributed by atoms with van der Waals surface area (Å²) in [5.74, 6) is 0.493. The van der Waals surface area contributed by atoms with E-state index in [4.69, 9.17) is 9.47 Å². The number of hydrogen-bond acceptors (Lipinski definition) is 5. The van der Waals surface area contributed by atoms with Gasteiger partial charge in [0.1, 0.15) is 0 Å². The highest BCUT2D eigenvalue weighted by Gasteiger charge is 2.20. The van der Waals surface area contributed by atoms with E-state index in [2.05, 4.69) is 5.32 Å². The van der Waals surface area contributed by atoms with Gasteiger partial charge in [0, 0.05) is 25.2 Å². The minimum absolute atomic E-state index is 0.0537. The number of rotatable bonds is 11. The minimum atomic E-state index is -3.37. The van der Waals surface area contributed by atoms with Crippen LogP contribution in [0.4, 0.5) is 0 Å². The van der Waals surface area contributed by atoms with Gasteiger partial charge < -0.3 is 14.8 Å². The molecule has 0 atom stereocenters. The predicted octanol–water partition coefficient (Wildman–Crippen LogP) is 1.89. The fourth-order valence-electron chi connectivity index (χ4n) is 2.33. The zero-order valence-electron chi connectivity index (χ0n) is 15.4. The molecule has 8 heteroatoms. The first-order chi connectivity index (χ1) is 11.9. The number of hydrogen-bond donors (Lipinski definition) is 1. The van der Waals surface area contributed by atoms with Crippen LogP contribution in [0.25, 0.3) is 0 Å². The Labute approximate surface area is 150 Å². The van der Waals surface area contributed by atoms with Gasteiger partial charge in [0.15, 0.2) is 11.5 Å². The lowest BCUT2D eigenvalue weighted by molar-refractivity contribution is 0.0955. The van der Waals surface area contributed by atoms with Crippen LogP contribution < -0.4 is 14.8 Å². The predicted molar refractivity (Wildman–Crippen MR) is 97.8 cm³/mol. The fourth-order valence-corrected chi connectivity index (χ4v) is 3.75. The van der Waals surface area contributed by atoms with Crippen molar-refractivity contribution < 1.29 is 22.7 Å². The summed E-state index contributed by atoms with van der Waals surface area (Å²) in [6.45, 7) is 4.84. The average Bonchev–Trinajstić information content (AvgIpc) is 2.61. The topological polar surface area (TPSA) is 84.9 Å². The molecule has 0 radical (unpaired) electrons. The molecule has 0 unspecified atom stereocenters. The maximum atomic E-state index is 12.3. The summed E-state index contributed by atoms with van der Waals surface area (Å²) in [5.41, 5.74) is 0.383. The summed E-state index contributed by atoms with van der Waals surface area (Å²) in [6.07, 6.45) is 1.76. The van der Waals surface area contributed by atoms with Gasteiger partial charge >= 0.3 is 0 Å². The molecule has 1 amide bonds. The highest BCUT2D eigenvalue weighted by atomic mass is 32.2. The van der Waals surface area contributed by atoms with Crippen LogP contribution >= 0.6 is 0 Å². The lowest BCUT2D eigenvalue weighted by Crippen LogP contribution is -2.38. The van der Waals surface area contributed by atoms with Gasteiger partial charge in [0.25, 0.3) is 5.91 Å². The van der Waals surface area contributed by atoms with E-state index in [1.54, 1.807) is 18.2 Å². The second-order valence-corrected chi connectivity index (χ2v) is 7.58. The summed E-state index contributed by atoms with van der Waals surface area (Å²) in [4.78, 5) is 12.2. The summed E-state index contributed by atoms with van der Waals surface area (Å²) in [7, 11) is -0.370. The molecule has 0 aliphatic rings. The maximum absolute atomic E-state index is 12.3. The van der Waals surface area contributed by atoms with Gasteiger partial charge in [-0.2, -0.15) is 0 Å². The van der Waals surface area contributed by atoms with Crippen molar-refractivity contribution in [1.29, 1.82) is 0 Å². The Morgan fingerprint density at radius 1 is 1.16 bits per heavy atom. The third-order valence-electron chi connectivity index (χ3n) is 3.80. The summed E-state index contributed by atoms with van der Waals surface area (Å²) in [5, 5.41) is 2.64. The maximum Gasteiger partial charge on any atom is 0.251 e. The zero-order valence-corrected chi connectivity index (χ0v) is 16.2. The molecule has 1 N–H and O–H groups in total. The lowest BCUT2D eigenvalue weighted by Gasteiger charge is -2.20. The van der Waals surface area contributed by atoms with Crippen LogP contribution in [0.2, 0.25) is 0 Å². The van der Waals surface area contributed by atoms with Gasteiger partial charge in [-0.3, -0.25) is 4.79 Å². The van der Waals surface area contributed by atoms with Crippen molar-refractivity contribution in [2.75, 3.05) is 39.6 Å². The largest absolute Gasteiger partial charge is 0.493 e. The van der Waals surface area contributed by atoms with E-state index in [0.29, 0.717) is 30.2 Å². The molecule has 142 valence electrons. The highest BCUT2D eigenvalue weighted by Crippen LogP contribution is 2.27. The number of amides is 1. The Morgan fingerprint density at radius 2 is 1.84 bits per heavy atom. The number of methoxy groups -OCH3 is 2. The van der Waals surface area contributed by atoms with Crippen LogP contribution in [-0.2, 0) is 10.0 Å². The number of nitrogens with one attached hydrogen (secondary N) is 1. The zero-order chi connectivity index (χ0) is 18.9. The van der Waals surface area contributed by atoms with Crippen molar-refractivity contribution in [2.45, 2.75) is 26.7 Å². The Hall–Kier alpha value is -1.80. The first kappa shape index (κ1) is 21.2. The van der Waals surface area contributed by atoms with Crippen molar-refractivity contribution in [3.05, 3.63) is 23.8 Å². The van der Waals surface area contributed by atoms with E-state index in [0.717, 1.165) is 12.8 Å². The molecule has 1 rings (SSSR count). The first-order valence-electron chi connectivity index (χ1n) is 8.37. The number of benzene rings is 1. The Balaban J connectivity index is 2.64. The SMILES string of the molecule is CCCCN(CC)S(=O)(=O)CCNC(=O)c1ccc(OC)c(OC)c1. The molecule has 0 aliphatic heterocycles. The summed E-state index contributed by atoms with van der Waals surface area (Å²) < 4.78 is 36.4. The molecule has 0 fully saturated rings. The van der Waals surface area contributed by atoms with Crippen LogP contribution in [0.1, 0.15) is 37.0 Å². The molecule has 0 aliphatic carbocycles. The van der Waals surface area contributed by atoms with Crippen molar-refractivity contribution in [3.8, 4) is 11.5 Å². The Bertz CT molecular complexity index is 661. The molecular weight excluding hydrogens is 344 g/mol. The average molecular weight is 372 g/mol. The summed E-state index contributed by atoms with van der Waals surface area (Å²) in [6, 6.07) is 4.79. The van der Waals surface area contributed by atoms with Crippen LogP contribution in [0.15, 0.2) is 18.2 Å². The molecule has 0 aromatic heterocycles. The van der Waals surface area contributed by atoms with Gasteiger partial charge in [0.2, 0.25) is 10.0 Å². The molecule has 0 heterocycles. The van der Waals surface area contributed by atoms with E-state index in [1.165, 1.54) is 18.5 Å². The number of ether oxygens (including phenoxy) is 2. The number of carbonyl (C=O) groups excluding carboxylic acids is 1. The standard InChI is InChI=1S/C17H28N2O5S/c1-5-7-11-19(6-2)25(21,22)12-10-18-17(20)14-8-9-15(23-3)16(13-14)24-4/h8-9,13H,5-7,10-12H2,1-4H3,(H,18,20). The smallest absolute Gasteiger partial charge is 0.251 e. The molecule has 0 bridgehead atoms. The monoisotopic (exact) mass is 372 g/mol. The normalized spacial score (nSPS) is 11.4. The second-order valence-electron chi connectivity index (χ2n) is 5.49. The minimum Gasteiger partial charge on any atom is -0.493 e. The quantitative estimate of drug-likeness (QED) is 0.641. The molecule has 0 saturated carbocycles. The second kappa shape index (κ2) is 10.2. The van der Waals surface area contributed by atoms with Gasteiger partial charge in [-0.15, -0.1) is 0 Å². The van der Waals surface area contributed by atoms with Gasteiger partial charge in [-0.1, -0.05) is 20.3 Å². The Morgan fingerprint density at radius 3 is 2.40 bits per heavy atom. The molecule has 0 saturated heterocycles. The van der Waals surface area contributed by atoms with E-state index < -0.39 is 10.0 Å². The molecule has 25 heavy (non-hydrogen) atoms. The third kappa shape index (κ3) is 6.21. The first-order valence-corrected chi connectivity index (χ1v) is 9.98. The van der Waals surface area contributed by atoms with E-state index in [9.17, 15) is 13.2 Å². The van der Waals surface area contributed by atoms with Crippen LogP contribution in [-0.4, -0.2) is 58.2 Å². The van der Waals surface area contributed by atoms with Gasteiger partial charge in [-0.05, 0) is 24.6 Å². The van der Waals surface area contributed by atoms with Crippen molar-refractivity contribution in [1.82, 2.24) is 9.62 Å². The lowest BCUT2D eigenvalue weighted by atomic mass is 10.2.